The first-order valence-electron chi connectivity index (χ1n) is 5.47. The number of sulfonamides is 1. The van der Waals surface area contributed by atoms with Crippen LogP contribution in [0.2, 0.25) is 5.15 Å². The Kier molecular flexibility index (Phi) is 4.94. The zero-order valence-corrected chi connectivity index (χ0v) is 12.6. The number of carbonyl (C=O) groups excluding carboxylic acids is 1. The maximum Gasteiger partial charge on any atom is 0.324 e. The number of nitrogens with zero attached hydrogens (tertiary/aromatic N) is 2. The molecule has 0 aliphatic carbocycles. The molecule has 0 aliphatic rings. The Labute approximate surface area is 117 Å². The summed E-state index contributed by atoms with van der Waals surface area (Å²) >= 11 is 5.83. The lowest BCUT2D eigenvalue weighted by atomic mass is 10.1. The summed E-state index contributed by atoms with van der Waals surface area (Å²) in [6.07, 6.45) is 1.28. The summed E-state index contributed by atoms with van der Waals surface area (Å²) in [5, 5.41) is -0.342. The first-order valence-corrected chi connectivity index (χ1v) is 7.33. The maximum atomic E-state index is 12.1. The molecular weight excluding hydrogens is 294 g/mol. The number of aromatic nitrogens is 2. The Hall–Kier alpha value is -1.12. The monoisotopic (exact) mass is 309 g/mol. The summed E-state index contributed by atoms with van der Waals surface area (Å²) in [4.78, 5) is 15.3. The van der Waals surface area contributed by atoms with Crippen LogP contribution in [0.4, 0.5) is 0 Å². The third kappa shape index (κ3) is 3.46. The van der Waals surface area contributed by atoms with Crippen molar-refractivity contribution in [3.8, 4) is 0 Å². The number of esters is 1. The molecule has 0 spiro atoms. The van der Waals surface area contributed by atoms with Gasteiger partial charge in [-0.2, -0.15) is 4.72 Å². The van der Waals surface area contributed by atoms with E-state index < -0.39 is 22.0 Å². The molecule has 0 fully saturated rings. The zero-order valence-electron chi connectivity index (χ0n) is 11.0. The molecule has 108 valence electrons. The number of hydrogen-bond donors (Lipinski definition) is 1. The highest BCUT2D eigenvalue weighted by molar-refractivity contribution is 7.89. The molecule has 1 aromatic heterocycles. The van der Waals surface area contributed by atoms with Gasteiger partial charge in [0.05, 0.1) is 13.4 Å². The van der Waals surface area contributed by atoms with Crippen LogP contribution in [0.1, 0.15) is 13.8 Å². The number of ether oxygens (including phenoxy) is 1. The van der Waals surface area contributed by atoms with Gasteiger partial charge >= 0.3 is 5.97 Å². The average Bonchev–Trinajstić information content (AvgIpc) is 2.66. The summed E-state index contributed by atoms with van der Waals surface area (Å²) in [5.41, 5.74) is 0. The van der Waals surface area contributed by atoms with Gasteiger partial charge in [-0.3, -0.25) is 4.79 Å². The van der Waals surface area contributed by atoms with E-state index in [2.05, 4.69) is 14.4 Å². The third-order valence-corrected chi connectivity index (χ3v) is 4.42. The molecule has 0 saturated heterocycles. The predicted octanol–water partition coefficient (Wildman–Crippen LogP) is 0.549. The van der Waals surface area contributed by atoms with Crippen LogP contribution >= 0.6 is 11.6 Å². The van der Waals surface area contributed by atoms with Gasteiger partial charge in [0, 0.05) is 7.05 Å². The lowest BCUT2D eigenvalue weighted by Gasteiger charge is -2.19. The van der Waals surface area contributed by atoms with Crippen LogP contribution in [0.15, 0.2) is 11.4 Å². The van der Waals surface area contributed by atoms with Crippen LogP contribution in [0.3, 0.4) is 0 Å². The minimum Gasteiger partial charge on any atom is -0.468 e. The van der Waals surface area contributed by atoms with Crippen LogP contribution in [-0.4, -0.2) is 37.1 Å². The van der Waals surface area contributed by atoms with E-state index in [0.29, 0.717) is 0 Å². The van der Waals surface area contributed by atoms with Crippen molar-refractivity contribution in [2.24, 2.45) is 13.0 Å². The highest BCUT2D eigenvalue weighted by Gasteiger charge is 2.31. The lowest BCUT2D eigenvalue weighted by molar-refractivity contribution is -0.143. The topological polar surface area (TPSA) is 90.3 Å². The highest BCUT2D eigenvalue weighted by Crippen LogP contribution is 2.19. The van der Waals surface area contributed by atoms with Crippen molar-refractivity contribution in [1.82, 2.24) is 14.3 Å². The summed E-state index contributed by atoms with van der Waals surface area (Å²) in [5.74, 6) is -0.935. The minimum atomic E-state index is -3.98. The SMILES string of the molecule is COC(=O)[C@@H](NS(=O)(=O)c1ncn(C)c1Cl)C(C)C. The van der Waals surface area contributed by atoms with Crippen molar-refractivity contribution in [3.63, 3.8) is 0 Å². The fourth-order valence-corrected chi connectivity index (χ4v) is 3.14. The van der Waals surface area contributed by atoms with E-state index in [-0.39, 0.29) is 16.1 Å². The minimum absolute atomic E-state index is 0.0279. The number of rotatable bonds is 5. The van der Waals surface area contributed by atoms with E-state index in [0.717, 1.165) is 0 Å². The quantitative estimate of drug-likeness (QED) is 0.802. The predicted molar refractivity (Wildman–Crippen MR) is 69.2 cm³/mol. The summed E-state index contributed by atoms with van der Waals surface area (Å²) < 4.78 is 32.4. The molecule has 0 aromatic carbocycles. The van der Waals surface area contributed by atoms with Gasteiger partial charge in [-0.05, 0) is 5.92 Å². The molecule has 1 rings (SSSR count). The Morgan fingerprint density at radius 1 is 1.53 bits per heavy atom. The van der Waals surface area contributed by atoms with Crippen LogP contribution in [-0.2, 0) is 26.6 Å². The van der Waals surface area contributed by atoms with E-state index in [4.69, 9.17) is 11.6 Å². The van der Waals surface area contributed by atoms with Gasteiger partial charge in [0.2, 0.25) is 5.03 Å². The second-order valence-corrected chi connectivity index (χ2v) is 6.30. The lowest BCUT2D eigenvalue weighted by Crippen LogP contribution is -2.45. The van der Waals surface area contributed by atoms with Crippen LogP contribution in [0.5, 0.6) is 0 Å². The van der Waals surface area contributed by atoms with E-state index in [1.807, 2.05) is 0 Å². The van der Waals surface area contributed by atoms with Gasteiger partial charge in [-0.1, -0.05) is 25.4 Å². The standard InChI is InChI=1S/C10H16ClN3O4S/c1-6(2)7(10(15)18-4)13-19(16,17)9-8(11)14(3)5-12-9/h5-7,13H,1-4H3/t7-/m0/s1. The maximum absolute atomic E-state index is 12.1. The molecule has 7 nitrogen and oxygen atoms in total. The Bertz CT molecular complexity index is 567. The molecule has 19 heavy (non-hydrogen) atoms. The van der Waals surface area contributed by atoms with Crippen molar-refractivity contribution in [2.45, 2.75) is 24.9 Å². The second kappa shape index (κ2) is 5.89. The van der Waals surface area contributed by atoms with E-state index >= 15 is 0 Å². The molecule has 0 unspecified atom stereocenters. The van der Waals surface area contributed by atoms with Crippen molar-refractivity contribution in [3.05, 3.63) is 11.5 Å². The fraction of sp³-hybridized carbons (Fsp3) is 0.600. The number of methoxy groups -OCH3 is 1. The van der Waals surface area contributed by atoms with Gasteiger partial charge in [0.25, 0.3) is 10.0 Å². The van der Waals surface area contributed by atoms with E-state index in [1.54, 1.807) is 20.9 Å². The number of nitrogens with one attached hydrogen (secondary N) is 1. The van der Waals surface area contributed by atoms with Gasteiger partial charge < -0.3 is 9.30 Å². The first-order chi connectivity index (χ1) is 8.70. The molecule has 1 aromatic rings. The average molecular weight is 310 g/mol. The Morgan fingerprint density at radius 3 is 2.47 bits per heavy atom. The highest BCUT2D eigenvalue weighted by atomic mass is 35.5. The van der Waals surface area contributed by atoms with Crippen LogP contribution in [0.25, 0.3) is 0 Å². The number of aryl methyl sites for hydroxylation is 1. The molecule has 0 aliphatic heterocycles. The number of halogens is 1. The molecule has 1 atom stereocenters. The third-order valence-electron chi connectivity index (χ3n) is 2.49. The van der Waals surface area contributed by atoms with Crippen molar-refractivity contribution < 1.29 is 17.9 Å². The Balaban J connectivity index is 3.08. The molecule has 0 bridgehead atoms. The second-order valence-electron chi connectivity index (χ2n) is 4.32. The molecule has 0 saturated carbocycles. The van der Waals surface area contributed by atoms with Gasteiger partial charge in [-0.15, -0.1) is 0 Å². The number of hydrogen-bond acceptors (Lipinski definition) is 5. The van der Waals surface area contributed by atoms with Gasteiger partial charge in [0.1, 0.15) is 11.2 Å². The van der Waals surface area contributed by atoms with Crippen LogP contribution in [0, 0.1) is 5.92 Å². The summed E-state index contributed by atoms with van der Waals surface area (Å²) in [6.45, 7) is 3.40. The molecule has 0 amide bonds. The zero-order chi connectivity index (χ0) is 14.8. The van der Waals surface area contributed by atoms with E-state index in [1.165, 1.54) is 18.0 Å². The smallest absolute Gasteiger partial charge is 0.324 e. The number of imidazole rings is 1. The van der Waals surface area contributed by atoms with E-state index in [9.17, 15) is 13.2 Å². The van der Waals surface area contributed by atoms with Crippen molar-refractivity contribution in [2.75, 3.05) is 7.11 Å². The molecule has 9 heteroatoms. The van der Waals surface area contributed by atoms with Gasteiger partial charge in [-0.25, -0.2) is 13.4 Å². The fourth-order valence-electron chi connectivity index (χ4n) is 1.38. The van der Waals surface area contributed by atoms with Crippen molar-refractivity contribution >= 4 is 27.6 Å². The van der Waals surface area contributed by atoms with Crippen LogP contribution < -0.4 is 4.72 Å². The first kappa shape index (κ1) is 15.9. The number of carbonyl (C=O) groups is 1. The Morgan fingerprint density at radius 2 is 2.11 bits per heavy atom. The normalized spacial score (nSPS) is 13.6. The van der Waals surface area contributed by atoms with Crippen molar-refractivity contribution in [1.29, 1.82) is 0 Å². The molecular formula is C10H16ClN3O4S. The van der Waals surface area contributed by atoms with Gasteiger partial charge in [0.15, 0.2) is 0 Å². The molecule has 0 radical (unpaired) electrons. The summed E-state index contributed by atoms with van der Waals surface area (Å²) in [6, 6.07) is -0.993. The largest absolute Gasteiger partial charge is 0.468 e. The summed E-state index contributed by atoms with van der Waals surface area (Å²) in [7, 11) is -1.23. The molecule has 1 N–H and O–H groups in total. The molecule has 1 heterocycles.